The number of aliphatic hydroxyl groups excluding tert-OH is 1. The summed E-state index contributed by atoms with van der Waals surface area (Å²) in [6.45, 7) is 0.572. The van der Waals surface area contributed by atoms with Gasteiger partial charge >= 0.3 is 6.09 Å². The molecule has 2 aromatic carbocycles. The number of ether oxygens (including phenoxy) is 4. The average Bonchev–Trinajstić information content (AvgIpc) is 3.32. The van der Waals surface area contributed by atoms with E-state index in [-0.39, 0.29) is 25.5 Å². The Bertz CT molecular complexity index is 1290. The van der Waals surface area contributed by atoms with E-state index < -0.39 is 6.09 Å². The Morgan fingerprint density at radius 2 is 1.83 bits per heavy atom. The third kappa shape index (κ3) is 6.11. The highest BCUT2D eigenvalue weighted by Gasteiger charge is 2.16. The number of fused-ring (bicyclic) bond motifs is 1. The van der Waals surface area contributed by atoms with Crippen molar-refractivity contribution < 1.29 is 28.8 Å². The van der Waals surface area contributed by atoms with Crippen LogP contribution < -0.4 is 30.0 Å². The lowest BCUT2D eigenvalue weighted by Gasteiger charge is -2.11. The summed E-state index contributed by atoms with van der Waals surface area (Å²) in [5.41, 5.74) is 7.95. The zero-order chi connectivity index (χ0) is 24.6. The SMILES string of the molecule is COc1ccc(COc2cccc(OCc3csc4c(OC(=O)NCCO)cnc(N)c34)c2)cc1. The number of hydrogen-bond acceptors (Lipinski definition) is 9. The molecule has 35 heavy (non-hydrogen) atoms. The van der Waals surface area contributed by atoms with Crippen molar-refractivity contribution in [3.05, 3.63) is 71.2 Å². The molecule has 0 aliphatic heterocycles. The van der Waals surface area contributed by atoms with Gasteiger partial charge in [-0.05, 0) is 35.2 Å². The van der Waals surface area contributed by atoms with Crippen molar-refractivity contribution in [2.75, 3.05) is 26.0 Å². The molecular weight excluding hydrogens is 470 g/mol. The second-order valence-corrected chi connectivity index (χ2v) is 8.29. The molecule has 1 amide bonds. The summed E-state index contributed by atoms with van der Waals surface area (Å²) >= 11 is 1.38. The molecule has 0 bridgehead atoms. The number of hydrogen-bond donors (Lipinski definition) is 3. The van der Waals surface area contributed by atoms with Crippen LogP contribution in [0, 0.1) is 0 Å². The Kier molecular flexibility index (Phi) is 7.86. The second-order valence-electron chi connectivity index (χ2n) is 7.41. The fraction of sp³-hybridized carbons (Fsp3) is 0.200. The van der Waals surface area contributed by atoms with Crippen LogP contribution in [0.4, 0.5) is 10.6 Å². The molecule has 4 aromatic rings. The zero-order valence-corrected chi connectivity index (χ0v) is 19.8. The first kappa shape index (κ1) is 24.1. The van der Waals surface area contributed by atoms with Crippen molar-refractivity contribution in [1.82, 2.24) is 10.3 Å². The van der Waals surface area contributed by atoms with E-state index in [1.165, 1.54) is 17.5 Å². The lowest BCUT2D eigenvalue weighted by atomic mass is 10.2. The van der Waals surface area contributed by atoms with Gasteiger partial charge in [0.15, 0.2) is 5.75 Å². The maximum absolute atomic E-state index is 11.9. The quantitative estimate of drug-likeness (QED) is 0.300. The van der Waals surface area contributed by atoms with Crippen LogP contribution in [0.3, 0.4) is 0 Å². The van der Waals surface area contributed by atoms with Crippen LogP contribution in [0.25, 0.3) is 10.1 Å². The van der Waals surface area contributed by atoms with E-state index in [1.807, 2.05) is 53.9 Å². The number of pyridine rings is 1. The molecule has 2 aromatic heterocycles. The predicted octanol–water partition coefficient (Wildman–Crippen LogP) is 4.13. The molecule has 0 fully saturated rings. The molecule has 0 saturated carbocycles. The highest BCUT2D eigenvalue weighted by molar-refractivity contribution is 7.17. The van der Waals surface area contributed by atoms with E-state index >= 15 is 0 Å². The normalized spacial score (nSPS) is 10.7. The molecule has 4 rings (SSSR count). The lowest BCUT2D eigenvalue weighted by molar-refractivity contribution is 0.196. The van der Waals surface area contributed by atoms with Gasteiger partial charge in [0.1, 0.15) is 36.3 Å². The number of carbonyl (C=O) groups excluding carboxylic acids is 1. The first-order valence-corrected chi connectivity index (χ1v) is 11.6. The van der Waals surface area contributed by atoms with Crippen molar-refractivity contribution >= 4 is 33.3 Å². The molecule has 2 heterocycles. The minimum atomic E-state index is -0.676. The van der Waals surface area contributed by atoms with Gasteiger partial charge in [0, 0.05) is 23.6 Å². The van der Waals surface area contributed by atoms with Crippen LogP contribution in [0.5, 0.6) is 23.0 Å². The van der Waals surface area contributed by atoms with Gasteiger partial charge in [-0.3, -0.25) is 0 Å². The van der Waals surface area contributed by atoms with Crippen LogP contribution >= 0.6 is 11.3 Å². The fourth-order valence-electron chi connectivity index (χ4n) is 3.28. The number of amides is 1. The molecule has 10 heteroatoms. The number of rotatable bonds is 10. The fourth-order valence-corrected chi connectivity index (χ4v) is 4.29. The standard InChI is InChI=1S/C25H25N3O6S/c1-31-18-7-5-16(6-8-18)13-32-19-3-2-4-20(11-19)33-14-17-15-35-23-21(12-28-24(26)22(17)23)34-25(30)27-9-10-29/h2-8,11-12,15,29H,9-10,13-14H2,1H3,(H2,26,28)(H,27,30). The molecule has 0 unspecified atom stereocenters. The number of nitrogens with two attached hydrogens (primary N) is 1. The van der Waals surface area contributed by atoms with Crippen molar-refractivity contribution in [3.63, 3.8) is 0 Å². The van der Waals surface area contributed by atoms with Crippen molar-refractivity contribution in [2.45, 2.75) is 13.2 Å². The monoisotopic (exact) mass is 495 g/mol. The van der Waals surface area contributed by atoms with Crippen molar-refractivity contribution in [3.8, 4) is 23.0 Å². The highest BCUT2D eigenvalue weighted by Crippen LogP contribution is 2.37. The average molecular weight is 496 g/mol. The van der Waals surface area contributed by atoms with E-state index in [0.717, 1.165) is 16.9 Å². The number of anilines is 1. The topological polar surface area (TPSA) is 125 Å². The molecular formula is C25H25N3O6S. The lowest BCUT2D eigenvalue weighted by Crippen LogP contribution is -2.29. The first-order valence-electron chi connectivity index (χ1n) is 10.8. The van der Waals surface area contributed by atoms with Gasteiger partial charge in [-0.2, -0.15) is 0 Å². The van der Waals surface area contributed by atoms with Gasteiger partial charge in [0.2, 0.25) is 0 Å². The summed E-state index contributed by atoms with van der Waals surface area (Å²) in [6.07, 6.45) is 0.727. The minimum absolute atomic E-state index is 0.0940. The molecule has 0 aliphatic rings. The number of nitrogen functional groups attached to an aromatic ring is 1. The molecule has 0 saturated heterocycles. The van der Waals surface area contributed by atoms with Gasteiger partial charge in [-0.25, -0.2) is 9.78 Å². The summed E-state index contributed by atoms with van der Waals surface area (Å²) in [6, 6.07) is 15.1. The third-order valence-electron chi connectivity index (χ3n) is 5.02. The van der Waals surface area contributed by atoms with E-state index in [1.54, 1.807) is 7.11 Å². The van der Waals surface area contributed by atoms with Gasteiger partial charge in [0.25, 0.3) is 0 Å². The van der Waals surface area contributed by atoms with Crippen LogP contribution in [0.15, 0.2) is 60.1 Å². The summed E-state index contributed by atoms with van der Waals surface area (Å²) in [5.74, 6) is 2.72. The molecule has 0 atom stereocenters. The predicted molar refractivity (Wildman–Crippen MR) is 133 cm³/mol. The number of methoxy groups -OCH3 is 1. The van der Waals surface area contributed by atoms with E-state index in [9.17, 15) is 4.79 Å². The largest absolute Gasteiger partial charge is 0.497 e. The van der Waals surface area contributed by atoms with Crippen molar-refractivity contribution in [2.24, 2.45) is 0 Å². The molecule has 9 nitrogen and oxygen atoms in total. The van der Waals surface area contributed by atoms with Gasteiger partial charge in [0.05, 0.1) is 24.6 Å². The Labute approximate surface area is 206 Å². The number of thiophene rings is 1. The van der Waals surface area contributed by atoms with Crippen molar-refractivity contribution in [1.29, 1.82) is 0 Å². The molecule has 0 radical (unpaired) electrons. The van der Waals surface area contributed by atoms with Crippen LogP contribution in [-0.4, -0.2) is 36.4 Å². The summed E-state index contributed by atoms with van der Waals surface area (Å²) in [7, 11) is 1.63. The number of nitrogens with one attached hydrogen (secondary N) is 1. The highest BCUT2D eigenvalue weighted by atomic mass is 32.1. The number of aliphatic hydroxyl groups is 1. The number of carbonyl (C=O) groups is 1. The zero-order valence-electron chi connectivity index (χ0n) is 19.0. The van der Waals surface area contributed by atoms with Crippen LogP contribution in [-0.2, 0) is 13.2 Å². The van der Waals surface area contributed by atoms with Gasteiger partial charge in [-0.1, -0.05) is 18.2 Å². The van der Waals surface area contributed by atoms with Crippen LogP contribution in [0.2, 0.25) is 0 Å². The third-order valence-corrected chi connectivity index (χ3v) is 6.06. The maximum atomic E-state index is 11.9. The summed E-state index contributed by atoms with van der Waals surface area (Å²) < 4.78 is 23.1. The second kappa shape index (κ2) is 11.4. The number of nitrogens with zero attached hydrogens (tertiary/aromatic N) is 1. The van der Waals surface area contributed by atoms with E-state index in [0.29, 0.717) is 34.0 Å². The Morgan fingerprint density at radius 3 is 2.54 bits per heavy atom. The summed E-state index contributed by atoms with van der Waals surface area (Å²) in [4.78, 5) is 16.0. The molecule has 182 valence electrons. The first-order chi connectivity index (χ1) is 17.1. The minimum Gasteiger partial charge on any atom is -0.497 e. The Morgan fingerprint density at radius 1 is 1.09 bits per heavy atom. The van der Waals surface area contributed by atoms with Crippen LogP contribution in [0.1, 0.15) is 11.1 Å². The maximum Gasteiger partial charge on any atom is 0.412 e. The number of aromatic nitrogens is 1. The molecule has 4 N–H and O–H groups in total. The Hall–Kier alpha value is -4.02. The van der Waals surface area contributed by atoms with Gasteiger partial charge in [-0.15, -0.1) is 11.3 Å². The number of benzene rings is 2. The smallest absolute Gasteiger partial charge is 0.412 e. The molecule has 0 spiro atoms. The van der Waals surface area contributed by atoms with E-state index in [4.69, 9.17) is 29.8 Å². The summed E-state index contributed by atoms with van der Waals surface area (Å²) in [5, 5.41) is 13.8. The van der Waals surface area contributed by atoms with E-state index in [2.05, 4.69) is 10.3 Å². The Balaban J connectivity index is 1.41. The van der Waals surface area contributed by atoms with Gasteiger partial charge < -0.3 is 35.1 Å². The molecule has 0 aliphatic carbocycles.